The second-order valence-electron chi connectivity index (χ2n) is 12.0. The maximum absolute atomic E-state index is 14.9. The standard InChI is InChI=1S/C31H40N2O6S2/c1-19(34)23-16-32-14-13-31(23,29(36)37)33(18-30(2,3)4)24-12-11-20(40-7)15-22(24)28(41-17-26(33)35)21-9-8-10-25(38-5)27(21)39-6/h8-12,15,23,28,32H,13-14,16-18H2,1-7H3/p+1/t23-,28?,31+,33+/m1/s1. The first-order valence-electron chi connectivity index (χ1n) is 13.7. The van der Waals surface area contributed by atoms with Gasteiger partial charge in [0.2, 0.25) is 5.54 Å². The second-order valence-corrected chi connectivity index (χ2v) is 13.9. The molecule has 1 amide bonds. The van der Waals surface area contributed by atoms with Crippen LogP contribution in [0.2, 0.25) is 0 Å². The molecule has 0 bridgehead atoms. The number of piperidine rings is 1. The average Bonchev–Trinajstić information content (AvgIpc) is 3.05. The van der Waals surface area contributed by atoms with E-state index in [1.165, 1.54) is 18.7 Å². The summed E-state index contributed by atoms with van der Waals surface area (Å²) in [5.41, 5.74) is 0.212. The molecule has 8 nitrogen and oxygen atoms in total. The predicted molar refractivity (Wildman–Crippen MR) is 165 cm³/mol. The summed E-state index contributed by atoms with van der Waals surface area (Å²) in [6, 6.07) is 11.7. The van der Waals surface area contributed by atoms with E-state index in [1.807, 2.05) is 57.4 Å². The number of nitrogens with one attached hydrogen (secondary N) is 1. The smallest absolute Gasteiger partial charge is 0.367 e. The van der Waals surface area contributed by atoms with Crippen molar-refractivity contribution in [2.45, 2.75) is 49.8 Å². The number of ketones is 1. The topological polar surface area (TPSA) is 102 Å². The number of amides is 1. The van der Waals surface area contributed by atoms with Crippen molar-refractivity contribution in [2.75, 3.05) is 45.9 Å². The summed E-state index contributed by atoms with van der Waals surface area (Å²) in [7, 11) is 3.19. The summed E-state index contributed by atoms with van der Waals surface area (Å²) in [6.45, 7) is 8.35. The minimum Gasteiger partial charge on any atom is -0.493 e. The molecule has 1 saturated heterocycles. The fourth-order valence-corrected chi connectivity index (χ4v) is 8.48. The molecule has 0 aromatic heterocycles. The van der Waals surface area contributed by atoms with Gasteiger partial charge in [-0.2, -0.15) is 0 Å². The van der Waals surface area contributed by atoms with Gasteiger partial charge in [-0.15, -0.1) is 23.5 Å². The van der Waals surface area contributed by atoms with Crippen LogP contribution in [0, 0.1) is 11.3 Å². The molecule has 0 radical (unpaired) electrons. The highest BCUT2D eigenvalue weighted by atomic mass is 32.2. The Hall–Kier alpha value is -2.53. The number of ether oxygens (including phenoxy) is 2. The quantitative estimate of drug-likeness (QED) is 0.314. The molecule has 2 aromatic rings. The summed E-state index contributed by atoms with van der Waals surface area (Å²) in [6.07, 6.45) is 2.14. The Morgan fingerprint density at radius 2 is 1.90 bits per heavy atom. The number of benzene rings is 2. The van der Waals surface area contributed by atoms with Gasteiger partial charge in [0.05, 0.1) is 31.9 Å². The number of hydrogen-bond donors (Lipinski definition) is 2. The monoisotopic (exact) mass is 601 g/mol. The van der Waals surface area contributed by atoms with Crippen LogP contribution in [0.25, 0.3) is 0 Å². The molecule has 2 heterocycles. The van der Waals surface area contributed by atoms with Gasteiger partial charge in [-0.25, -0.2) is 14.1 Å². The minimum atomic E-state index is -1.68. The fraction of sp³-hybridized carbons (Fsp3) is 0.516. The molecule has 222 valence electrons. The van der Waals surface area contributed by atoms with E-state index in [4.69, 9.17) is 9.47 Å². The Labute approximate surface area is 251 Å². The van der Waals surface area contributed by atoms with Gasteiger partial charge in [-0.3, -0.25) is 4.79 Å². The number of hydrogen-bond acceptors (Lipinski definition) is 8. The van der Waals surface area contributed by atoms with E-state index in [-0.39, 0.29) is 42.2 Å². The summed E-state index contributed by atoms with van der Waals surface area (Å²) in [5.74, 6) is -1.21. The Bertz CT molecular complexity index is 1340. The van der Waals surface area contributed by atoms with Gasteiger partial charge in [0.15, 0.2) is 11.5 Å². The molecule has 41 heavy (non-hydrogen) atoms. The van der Waals surface area contributed by atoms with E-state index in [1.54, 1.807) is 26.0 Å². The van der Waals surface area contributed by atoms with E-state index in [0.29, 0.717) is 23.7 Å². The number of rotatable bonds is 8. The van der Waals surface area contributed by atoms with E-state index in [0.717, 1.165) is 16.0 Å². The first kappa shape index (κ1) is 31.4. The van der Waals surface area contributed by atoms with Crippen molar-refractivity contribution in [1.82, 2.24) is 9.80 Å². The number of nitrogens with zero attached hydrogens (tertiary/aromatic N) is 1. The third kappa shape index (κ3) is 5.28. The van der Waals surface area contributed by atoms with Crippen LogP contribution < -0.4 is 19.3 Å². The minimum absolute atomic E-state index is 0.0669. The molecular formula is C31H41N2O6S2+. The number of Topliss-reactive ketones (excluding diaryl/α,β-unsaturated/α-hetero) is 1. The molecule has 2 aliphatic rings. The zero-order valence-corrected chi connectivity index (χ0v) is 26.5. The molecular weight excluding hydrogens is 560 g/mol. The zero-order valence-electron chi connectivity index (χ0n) is 24.9. The van der Waals surface area contributed by atoms with Crippen LogP contribution in [-0.2, 0) is 14.4 Å². The maximum atomic E-state index is 14.9. The molecule has 0 spiro atoms. The number of thioether (sulfide) groups is 2. The summed E-state index contributed by atoms with van der Waals surface area (Å²) in [5, 5.41) is 14.1. The lowest BCUT2D eigenvalue weighted by atomic mass is 9.70. The number of carboxylic acid groups (broad SMARTS) is 1. The van der Waals surface area contributed by atoms with Gasteiger partial charge in [0.1, 0.15) is 17.2 Å². The van der Waals surface area contributed by atoms with Crippen molar-refractivity contribution in [3.8, 4) is 11.5 Å². The van der Waals surface area contributed by atoms with Gasteiger partial charge in [-0.1, -0.05) is 32.9 Å². The third-order valence-electron chi connectivity index (χ3n) is 8.31. The first-order valence-corrected chi connectivity index (χ1v) is 16.0. The molecule has 4 atom stereocenters. The summed E-state index contributed by atoms with van der Waals surface area (Å²) in [4.78, 5) is 42.8. The van der Waals surface area contributed by atoms with Gasteiger partial charge >= 0.3 is 11.9 Å². The number of methoxy groups -OCH3 is 2. The van der Waals surface area contributed by atoms with Crippen molar-refractivity contribution in [3.05, 3.63) is 47.5 Å². The van der Waals surface area contributed by atoms with Gasteiger partial charge in [0.25, 0.3) is 0 Å². The highest BCUT2D eigenvalue weighted by molar-refractivity contribution is 8.00. The predicted octanol–water partition coefficient (Wildman–Crippen LogP) is 5.16. The SMILES string of the molecule is COc1cccc(C2SCC(=O)[N@@+](CC(C)(C)C)([C@@]3(C(=O)O)CCNC[C@@H]3C(C)=O)c3ccc(SC)cc32)c1OC. The second kappa shape index (κ2) is 12.0. The lowest BCUT2D eigenvalue weighted by molar-refractivity contribution is -0.167. The average molecular weight is 602 g/mol. The van der Waals surface area contributed by atoms with E-state index in [2.05, 4.69) is 11.4 Å². The highest BCUT2D eigenvalue weighted by Crippen LogP contribution is 2.55. The van der Waals surface area contributed by atoms with Crippen LogP contribution >= 0.6 is 23.5 Å². The van der Waals surface area contributed by atoms with Crippen LogP contribution in [0.4, 0.5) is 5.69 Å². The lowest BCUT2D eigenvalue weighted by Crippen LogP contribution is -2.80. The number of carbonyl (C=O) groups is 3. The largest absolute Gasteiger partial charge is 0.493 e. The third-order valence-corrected chi connectivity index (χ3v) is 10.3. The Balaban J connectivity index is 2.16. The molecule has 1 fully saturated rings. The van der Waals surface area contributed by atoms with Crippen LogP contribution in [0.1, 0.15) is 50.5 Å². The van der Waals surface area contributed by atoms with Crippen molar-refractivity contribution in [3.63, 3.8) is 0 Å². The van der Waals surface area contributed by atoms with Crippen molar-refractivity contribution in [1.29, 1.82) is 0 Å². The number of aliphatic carboxylic acids is 1. The number of carboxylic acids is 1. The normalized spacial score (nSPS) is 26.6. The van der Waals surface area contributed by atoms with Crippen LogP contribution in [0.15, 0.2) is 41.3 Å². The molecule has 4 rings (SSSR count). The first-order chi connectivity index (χ1) is 19.4. The van der Waals surface area contributed by atoms with E-state index < -0.39 is 27.3 Å². The molecule has 2 aromatic carbocycles. The van der Waals surface area contributed by atoms with Crippen LogP contribution in [0.3, 0.4) is 0 Å². The van der Waals surface area contributed by atoms with E-state index in [9.17, 15) is 19.5 Å². The van der Waals surface area contributed by atoms with E-state index >= 15 is 0 Å². The van der Waals surface area contributed by atoms with Crippen molar-refractivity contribution < 1.29 is 29.0 Å². The van der Waals surface area contributed by atoms with Gasteiger partial charge in [0, 0.05) is 47.0 Å². The Kier molecular flexibility index (Phi) is 9.18. The summed E-state index contributed by atoms with van der Waals surface area (Å²) >= 11 is 3.05. The lowest BCUT2D eigenvalue weighted by Gasteiger charge is -2.54. The molecule has 10 heteroatoms. The number of quaternary nitrogens is 1. The van der Waals surface area contributed by atoms with Gasteiger partial charge in [-0.05, 0) is 31.4 Å². The maximum Gasteiger partial charge on any atom is 0.367 e. The molecule has 2 aliphatic heterocycles. The summed E-state index contributed by atoms with van der Waals surface area (Å²) < 4.78 is 11.0. The molecule has 0 aliphatic carbocycles. The van der Waals surface area contributed by atoms with Crippen molar-refractivity contribution >= 4 is 46.9 Å². The zero-order chi connectivity index (χ0) is 30.2. The van der Waals surface area contributed by atoms with Gasteiger partial charge < -0.3 is 19.9 Å². The van der Waals surface area contributed by atoms with Crippen LogP contribution in [0.5, 0.6) is 11.5 Å². The molecule has 1 unspecified atom stereocenters. The fourth-order valence-electron chi connectivity index (χ4n) is 6.77. The Morgan fingerprint density at radius 1 is 1.17 bits per heavy atom. The number of para-hydroxylation sites is 1. The highest BCUT2D eigenvalue weighted by Gasteiger charge is 2.69. The Morgan fingerprint density at radius 3 is 2.49 bits per heavy atom. The number of carbonyl (C=O) groups excluding carboxylic acids is 2. The molecule has 0 saturated carbocycles. The number of fused-ring (bicyclic) bond motifs is 1. The molecule has 2 N–H and O–H groups in total. The van der Waals surface area contributed by atoms with Crippen molar-refractivity contribution in [2.24, 2.45) is 11.3 Å². The van der Waals surface area contributed by atoms with Crippen LogP contribution in [-0.4, -0.2) is 74.2 Å².